The normalized spacial score (nSPS) is 11.2. The third-order valence-electron chi connectivity index (χ3n) is 4.37. The van der Waals surface area contributed by atoms with Gasteiger partial charge < -0.3 is 10.1 Å². The highest BCUT2D eigenvalue weighted by Gasteiger charge is 2.23. The van der Waals surface area contributed by atoms with Crippen LogP contribution in [0.25, 0.3) is 6.08 Å². The molecule has 0 aliphatic heterocycles. The highest BCUT2D eigenvalue weighted by molar-refractivity contribution is 7.16. The standard InChI is InChI=1S/C22H24N2O3S/c1-6-27-22(26)19-14(4)15(5)28-21(19)24-20(25)18(12-23)11-16-7-9-17(10-8-16)13(2)3/h7-11,13H,6H2,1-5H3,(H,24,25)/b18-11+. The third kappa shape index (κ3) is 4.87. The molecule has 0 bridgehead atoms. The Kier molecular flexibility index (Phi) is 7.13. The monoisotopic (exact) mass is 396 g/mol. The molecule has 1 aromatic carbocycles. The number of nitrogens with one attached hydrogen (secondary N) is 1. The van der Waals surface area contributed by atoms with E-state index < -0.39 is 11.9 Å². The maximum absolute atomic E-state index is 12.6. The number of carbonyl (C=O) groups excluding carboxylic acids is 2. The van der Waals surface area contributed by atoms with E-state index in [0.717, 1.165) is 16.0 Å². The lowest BCUT2D eigenvalue weighted by Crippen LogP contribution is -2.16. The van der Waals surface area contributed by atoms with Gasteiger partial charge in [0, 0.05) is 4.88 Å². The summed E-state index contributed by atoms with van der Waals surface area (Å²) in [6.07, 6.45) is 1.54. The molecule has 0 fully saturated rings. The largest absolute Gasteiger partial charge is 0.462 e. The summed E-state index contributed by atoms with van der Waals surface area (Å²) in [5, 5.41) is 12.5. The Hall–Kier alpha value is -2.91. The summed E-state index contributed by atoms with van der Waals surface area (Å²) in [6, 6.07) is 9.66. The Labute approximate surface area is 169 Å². The quantitative estimate of drug-likeness (QED) is 0.413. The number of anilines is 1. The number of hydrogen-bond donors (Lipinski definition) is 1. The lowest BCUT2D eigenvalue weighted by atomic mass is 10.0. The molecule has 0 saturated carbocycles. The van der Waals surface area contributed by atoms with Crippen LogP contribution in [0, 0.1) is 25.2 Å². The first kappa shape index (κ1) is 21.4. The summed E-state index contributed by atoms with van der Waals surface area (Å²) in [5.41, 5.74) is 3.03. The van der Waals surface area contributed by atoms with Crippen molar-refractivity contribution in [1.29, 1.82) is 5.26 Å². The van der Waals surface area contributed by atoms with E-state index in [0.29, 0.717) is 16.5 Å². The molecule has 0 saturated heterocycles. The van der Waals surface area contributed by atoms with E-state index in [2.05, 4.69) is 19.2 Å². The average molecular weight is 397 g/mol. The number of esters is 1. The Morgan fingerprint density at radius 2 is 1.89 bits per heavy atom. The van der Waals surface area contributed by atoms with Crippen LogP contribution in [-0.4, -0.2) is 18.5 Å². The fourth-order valence-electron chi connectivity index (χ4n) is 2.63. The predicted octanol–water partition coefficient (Wildman–Crippen LogP) is 5.21. The zero-order valence-electron chi connectivity index (χ0n) is 16.8. The van der Waals surface area contributed by atoms with Crippen LogP contribution >= 0.6 is 11.3 Å². The van der Waals surface area contributed by atoms with Gasteiger partial charge in [-0.15, -0.1) is 11.3 Å². The van der Waals surface area contributed by atoms with Crippen molar-refractivity contribution in [2.75, 3.05) is 11.9 Å². The molecular weight excluding hydrogens is 372 g/mol. The Balaban J connectivity index is 2.29. The number of hydrogen-bond acceptors (Lipinski definition) is 5. The van der Waals surface area contributed by atoms with E-state index in [-0.39, 0.29) is 12.2 Å². The minimum Gasteiger partial charge on any atom is -0.462 e. The number of nitrogens with zero attached hydrogens (tertiary/aromatic N) is 1. The number of thiophene rings is 1. The maximum atomic E-state index is 12.6. The van der Waals surface area contributed by atoms with E-state index in [9.17, 15) is 14.9 Å². The van der Waals surface area contributed by atoms with Crippen molar-refractivity contribution in [2.24, 2.45) is 0 Å². The summed E-state index contributed by atoms with van der Waals surface area (Å²) in [6.45, 7) is 9.86. The zero-order valence-corrected chi connectivity index (χ0v) is 17.6. The van der Waals surface area contributed by atoms with Gasteiger partial charge in [-0.25, -0.2) is 4.79 Å². The predicted molar refractivity (Wildman–Crippen MR) is 113 cm³/mol. The van der Waals surface area contributed by atoms with Crippen LogP contribution in [0.3, 0.4) is 0 Å². The van der Waals surface area contributed by atoms with Crippen LogP contribution in [0.15, 0.2) is 29.8 Å². The second-order valence-corrected chi connectivity index (χ2v) is 7.88. The number of amides is 1. The van der Waals surface area contributed by atoms with Gasteiger partial charge >= 0.3 is 5.97 Å². The molecule has 0 atom stereocenters. The summed E-state index contributed by atoms with van der Waals surface area (Å²) < 4.78 is 5.09. The number of ether oxygens (including phenoxy) is 1. The summed E-state index contributed by atoms with van der Waals surface area (Å²) >= 11 is 1.29. The molecule has 1 N–H and O–H groups in total. The first-order chi connectivity index (χ1) is 13.3. The van der Waals surface area contributed by atoms with Crippen molar-refractivity contribution in [3.8, 4) is 6.07 Å². The average Bonchev–Trinajstić information content (AvgIpc) is 2.93. The summed E-state index contributed by atoms with van der Waals surface area (Å²) in [7, 11) is 0. The van der Waals surface area contributed by atoms with Gasteiger partial charge in [0.2, 0.25) is 0 Å². The SMILES string of the molecule is CCOC(=O)c1c(NC(=O)/C(C#N)=C/c2ccc(C(C)C)cc2)sc(C)c1C. The van der Waals surface area contributed by atoms with Crippen molar-refractivity contribution in [3.63, 3.8) is 0 Å². The number of nitriles is 1. The van der Waals surface area contributed by atoms with Gasteiger partial charge in [-0.2, -0.15) is 5.26 Å². The van der Waals surface area contributed by atoms with Crippen LogP contribution in [0.1, 0.15) is 58.6 Å². The van der Waals surface area contributed by atoms with E-state index in [4.69, 9.17) is 4.74 Å². The van der Waals surface area contributed by atoms with Crippen LogP contribution in [0.5, 0.6) is 0 Å². The molecule has 0 aliphatic carbocycles. The van der Waals surface area contributed by atoms with Gasteiger partial charge in [0.25, 0.3) is 5.91 Å². The van der Waals surface area contributed by atoms with Crippen LogP contribution < -0.4 is 5.32 Å². The number of aryl methyl sites for hydroxylation is 1. The molecule has 0 spiro atoms. The van der Waals surface area contributed by atoms with E-state index in [1.807, 2.05) is 44.2 Å². The van der Waals surface area contributed by atoms with E-state index in [1.165, 1.54) is 23.0 Å². The fourth-order valence-corrected chi connectivity index (χ4v) is 3.67. The van der Waals surface area contributed by atoms with Crippen molar-refractivity contribution in [3.05, 3.63) is 57.0 Å². The molecule has 0 radical (unpaired) electrons. The summed E-state index contributed by atoms with van der Waals surface area (Å²) in [4.78, 5) is 25.8. The summed E-state index contributed by atoms with van der Waals surface area (Å²) in [5.74, 6) is -0.628. The third-order valence-corrected chi connectivity index (χ3v) is 5.49. The van der Waals surface area contributed by atoms with Crippen molar-refractivity contribution >= 4 is 34.3 Å². The molecule has 6 heteroatoms. The van der Waals surface area contributed by atoms with Crippen molar-refractivity contribution < 1.29 is 14.3 Å². The highest BCUT2D eigenvalue weighted by atomic mass is 32.1. The molecule has 28 heavy (non-hydrogen) atoms. The lowest BCUT2D eigenvalue weighted by molar-refractivity contribution is -0.112. The maximum Gasteiger partial charge on any atom is 0.341 e. The molecule has 0 unspecified atom stereocenters. The minimum absolute atomic E-state index is 0.0317. The first-order valence-electron chi connectivity index (χ1n) is 9.08. The number of benzene rings is 1. The van der Waals surface area contributed by atoms with Crippen LogP contribution in [-0.2, 0) is 9.53 Å². The molecule has 1 amide bonds. The second kappa shape index (κ2) is 9.34. The minimum atomic E-state index is -0.553. The molecule has 2 aromatic rings. The van der Waals surface area contributed by atoms with Gasteiger partial charge in [-0.3, -0.25) is 4.79 Å². The number of rotatable bonds is 6. The molecule has 5 nitrogen and oxygen atoms in total. The molecular formula is C22H24N2O3S. The lowest BCUT2D eigenvalue weighted by Gasteiger charge is -2.07. The van der Waals surface area contributed by atoms with E-state index >= 15 is 0 Å². The van der Waals surface area contributed by atoms with Gasteiger partial charge in [0.05, 0.1) is 12.2 Å². The van der Waals surface area contributed by atoms with Crippen LogP contribution in [0.2, 0.25) is 0 Å². The van der Waals surface area contributed by atoms with Gasteiger partial charge in [0.15, 0.2) is 0 Å². The Morgan fingerprint density at radius 1 is 1.25 bits per heavy atom. The molecule has 0 aliphatic rings. The fraction of sp³-hybridized carbons (Fsp3) is 0.318. The molecule has 1 heterocycles. The van der Waals surface area contributed by atoms with Crippen LogP contribution in [0.4, 0.5) is 5.00 Å². The highest BCUT2D eigenvalue weighted by Crippen LogP contribution is 2.33. The van der Waals surface area contributed by atoms with Gasteiger partial charge in [-0.1, -0.05) is 38.1 Å². The number of carbonyl (C=O) groups is 2. The Morgan fingerprint density at radius 3 is 2.43 bits per heavy atom. The van der Waals surface area contributed by atoms with Gasteiger partial charge in [0.1, 0.15) is 16.6 Å². The second-order valence-electron chi connectivity index (χ2n) is 6.65. The first-order valence-corrected chi connectivity index (χ1v) is 9.90. The van der Waals surface area contributed by atoms with Gasteiger partial charge in [-0.05, 0) is 49.5 Å². The topological polar surface area (TPSA) is 79.2 Å². The molecule has 1 aromatic heterocycles. The van der Waals surface area contributed by atoms with E-state index in [1.54, 1.807) is 6.92 Å². The zero-order chi connectivity index (χ0) is 20.8. The van der Waals surface area contributed by atoms with Crippen molar-refractivity contribution in [1.82, 2.24) is 0 Å². The molecule has 2 rings (SSSR count). The van der Waals surface area contributed by atoms with Crippen molar-refractivity contribution in [2.45, 2.75) is 40.5 Å². The Bertz CT molecular complexity index is 947. The molecule has 146 valence electrons. The smallest absolute Gasteiger partial charge is 0.341 e.